The van der Waals surface area contributed by atoms with Crippen LogP contribution in [0.15, 0.2) is 48.8 Å². The molecule has 1 saturated heterocycles. The maximum absolute atomic E-state index is 15.5. The number of nitriles is 1. The van der Waals surface area contributed by atoms with Crippen molar-refractivity contribution in [1.29, 1.82) is 5.26 Å². The number of hydrogen-bond acceptors (Lipinski definition) is 8. The van der Waals surface area contributed by atoms with Gasteiger partial charge in [0.05, 0.1) is 30.3 Å². The average Bonchev–Trinajstić information content (AvgIpc) is 3.37. The Morgan fingerprint density at radius 3 is 2.45 bits per heavy atom. The highest BCUT2D eigenvalue weighted by molar-refractivity contribution is 6.76. The van der Waals surface area contributed by atoms with Crippen molar-refractivity contribution in [2.75, 3.05) is 25.1 Å². The number of rotatable bonds is 13. The van der Waals surface area contributed by atoms with Gasteiger partial charge in [0, 0.05) is 50.5 Å². The fourth-order valence-electron chi connectivity index (χ4n) is 5.07. The summed E-state index contributed by atoms with van der Waals surface area (Å²) < 4.78 is 55.4. The van der Waals surface area contributed by atoms with Crippen LogP contribution in [0.4, 0.5) is 19.3 Å². The van der Waals surface area contributed by atoms with Gasteiger partial charge in [0.2, 0.25) is 5.91 Å². The van der Waals surface area contributed by atoms with Crippen molar-refractivity contribution in [3.05, 3.63) is 66.0 Å². The third kappa shape index (κ3) is 7.99. The number of benzene rings is 2. The number of ether oxygens (including phenoxy) is 4. The second-order valence-electron chi connectivity index (χ2n) is 13.2. The zero-order chi connectivity index (χ0) is 35.5. The first-order valence-corrected chi connectivity index (χ1v) is 19.3. The van der Waals surface area contributed by atoms with Crippen molar-refractivity contribution in [3.8, 4) is 34.4 Å². The predicted octanol–water partition coefficient (Wildman–Crippen LogP) is 6.12. The largest absolute Gasteiger partial charge is 0.490 e. The molecule has 0 bridgehead atoms. The summed E-state index contributed by atoms with van der Waals surface area (Å²) in [5.41, 5.74) is 5.67. The molecule has 0 atom stereocenters. The van der Waals surface area contributed by atoms with Gasteiger partial charge in [-0.1, -0.05) is 25.7 Å². The van der Waals surface area contributed by atoms with E-state index in [0.717, 1.165) is 18.2 Å². The highest BCUT2D eigenvalue weighted by atomic mass is 28.3. The highest BCUT2D eigenvalue weighted by Crippen LogP contribution is 2.41. The molecule has 4 aromatic rings. The minimum absolute atomic E-state index is 0.0894. The Bertz CT molecular complexity index is 1910. The zero-order valence-electron chi connectivity index (χ0n) is 27.9. The maximum atomic E-state index is 15.5. The maximum Gasteiger partial charge on any atom is 0.320 e. The van der Waals surface area contributed by atoms with Gasteiger partial charge in [-0.2, -0.15) is 5.26 Å². The van der Waals surface area contributed by atoms with Gasteiger partial charge in [-0.05, 0) is 43.7 Å². The van der Waals surface area contributed by atoms with Crippen LogP contribution in [0.3, 0.4) is 0 Å². The molecule has 2 aromatic carbocycles. The number of pyridine rings is 1. The van der Waals surface area contributed by atoms with Crippen LogP contribution in [0.2, 0.25) is 25.7 Å². The van der Waals surface area contributed by atoms with E-state index in [2.05, 4.69) is 41.3 Å². The summed E-state index contributed by atoms with van der Waals surface area (Å²) >= 11 is 0. The minimum Gasteiger partial charge on any atom is -0.490 e. The minimum atomic E-state index is -1.40. The topological polar surface area (TPSA) is 163 Å². The quantitative estimate of drug-likeness (QED) is 0.112. The Balaban J connectivity index is 1.49. The summed E-state index contributed by atoms with van der Waals surface area (Å²) in [6, 6.07) is 10.6. The van der Waals surface area contributed by atoms with E-state index in [1.807, 2.05) is 13.8 Å². The Kier molecular flexibility index (Phi) is 10.2. The first kappa shape index (κ1) is 35.3. The van der Waals surface area contributed by atoms with Crippen LogP contribution in [0.1, 0.15) is 19.4 Å². The summed E-state index contributed by atoms with van der Waals surface area (Å²) in [7, 11) is -1.35. The molecule has 4 N–H and O–H groups in total. The molecule has 12 nitrogen and oxygen atoms in total. The average molecular weight is 693 g/mol. The normalized spacial score (nSPS) is 13.9. The van der Waals surface area contributed by atoms with E-state index in [-0.39, 0.29) is 37.5 Å². The molecular weight excluding hydrogens is 654 g/mol. The Morgan fingerprint density at radius 1 is 1.14 bits per heavy atom. The third-order valence-electron chi connectivity index (χ3n) is 7.71. The summed E-state index contributed by atoms with van der Waals surface area (Å²) in [5.74, 6) is -3.21. The van der Waals surface area contributed by atoms with E-state index in [4.69, 9.17) is 24.7 Å². The summed E-state index contributed by atoms with van der Waals surface area (Å²) in [5, 5.41) is 15.0. The number of nitrogens with two attached hydrogens (primary N) is 1. The Hall–Kier alpha value is -5.04. The van der Waals surface area contributed by atoms with Crippen LogP contribution in [0, 0.1) is 23.0 Å². The number of carbonyl (C=O) groups is 2. The van der Waals surface area contributed by atoms with E-state index >= 15 is 8.78 Å². The third-order valence-corrected chi connectivity index (χ3v) is 9.41. The Morgan fingerprint density at radius 2 is 1.86 bits per heavy atom. The number of aromatic nitrogens is 2. The fourth-order valence-corrected chi connectivity index (χ4v) is 5.83. The summed E-state index contributed by atoms with van der Waals surface area (Å²) in [6.07, 6.45) is 3.10. The van der Waals surface area contributed by atoms with Gasteiger partial charge in [-0.3, -0.25) is 4.79 Å². The van der Waals surface area contributed by atoms with E-state index in [0.29, 0.717) is 40.1 Å². The van der Waals surface area contributed by atoms with E-state index in [1.165, 1.54) is 12.3 Å². The van der Waals surface area contributed by atoms with Crippen LogP contribution in [0.25, 0.3) is 22.2 Å². The number of nitrogens with zero attached hydrogens (tertiary/aromatic N) is 3. The van der Waals surface area contributed by atoms with Crippen molar-refractivity contribution in [2.45, 2.75) is 57.9 Å². The van der Waals surface area contributed by atoms with Crippen LogP contribution in [-0.2, 0) is 21.0 Å². The van der Waals surface area contributed by atoms with Crippen LogP contribution < -0.4 is 25.8 Å². The molecule has 0 aliphatic carbocycles. The number of nitrogens with one attached hydrogen (secondary N) is 2. The molecule has 0 radical (unpaired) electrons. The lowest BCUT2D eigenvalue weighted by atomic mass is 9.97. The number of amides is 3. The number of hydrogen-bond donors (Lipinski definition) is 3. The van der Waals surface area contributed by atoms with Crippen molar-refractivity contribution >= 4 is 36.7 Å². The molecule has 1 aliphatic heterocycles. The van der Waals surface area contributed by atoms with Crippen molar-refractivity contribution in [2.24, 2.45) is 5.73 Å². The first-order chi connectivity index (χ1) is 23.2. The molecule has 3 amide bonds. The molecule has 2 aromatic heterocycles. The van der Waals surface area contributed by atoms with E-state index in [9.17, 15) is 14.9 Å². The second kappa shape index (κ2) is 14.2. The molecule has 5 rings (SSSR count). The molecule has 49 heavy (non-hydrogen) atoms. The fraction of sp³-hybridized carbons (Fsp3) is 0.353. The second-order valence-corrected chi connectivity index (χ2v) is 18.9. The van der Waals surface area contributed by atoms with Crippen molar-refractivity contribution < 1.29 is 37.3 Å². The van der Waals surface area contributed by atoms with Gasteiger partial charge >= 0.3 is 6.03 Å². The van der Waals surface area contributed by atoms with Gasteiger partial charge in [0.25, 0.3) is 0 Å². The number of urea groups is 1. The lowest BCUT2D eigenvalue weighted by Crippen LogP contribution is -2.69. The number of fused-ring (bicyclic) bond motifs is 1. The summed E-state index contributed by atoms with van der Waals surface area (Å²) in [6.45, 7) is 11.0. The molecule has 1 aliphatic rings. The van der Waals surface area contributed by atoms with Gasteiger partial charge in [0.1, 0.15) is 29.9 Å². The highest BCUT2D eigenvalue weighted by Gasteiger charge is 2.46. The Labute approximate surface area is 283 Å². The van der Waals surface area contributed by atoms with Crippen LogP contribution >= 0.6 is 0 Å². The van der Waals surface area contributed by atoms with Crippen LogP contribution in [-0.4, -0.2) is 61.0 Å². The molecule has 0 spiro atoms. The zero-order valence-corrected chi connectivity index (χ0v) is 28.9. The lowest BCUT2D eigenvalue weighted by Gasteiger charge is -2.38. The standard InChI is InChI=1S/C34H38F2N6O6Si/c1-20(2)47-27-7-6-21(12-22(27)15-37)24-16-42(19-45-10-11-49(3,4)5)31-29(24)28(8-9-39-31)48-30-25(35)13-23(14-26(30)36)40-33(44)41-34(32(38)43)17-46-18-34/h6-9,12-14,16,20H,10-11,17-19H2,1-5H3,(H2,38,43)(H2,40,41,44). The number of primary amides is 1. The number of carbonyl (C=O) groups excluding carboxylic acids is 2. The van der Waals surface area contributed by atoms with E-state index < -0.39 is 42.9 Å². The summed E-state index contributed by atoms with van der Waals surface area (Å²) in [4.78, 5) is 28.8. The molecule has 3 heterocycles. The smallest absolute Gasteiger partial charge is 0.320 e. The molecule has 15 heteroatoms. The monoisotopic (exact) mass is 692 g/mol. The lowest BCUT2D eigenvalue weighted by molar-refractivity contribution is -0.142. The number of halogens is 2. The number of anilines is 1. The van der Waals surface area contributed by atoms with Crippen molar-refractivity contribution in [1.82, 2.24) is 14.9 Å². The molecule has 0 unspecified atom stereocenters. The molecule has 1 fully saturated rings. The molecule has 258 valence electrons. The van der Waals surface area contributed by atoms with Gasteiger partial charge < -0.3 is 39.9 Å². The van der Waals surface area contributed by atoms with E-state index in [1.54, 1.807) is 29.0 Å². The van der Waals surface area contributed by atoms with Crippen molar-refractivity contribution in [3.63, 3.8) is 0 Å². The molecule has 0 saturated carbocycles. The molecular formula is C34H38F2N6O6Si. The predicted molar refractivity (Wildman–Crippen MR) is 181 cm³/mol. The SMILES string of the molecule is CC(C)Oc1ccc(-c2cn(COCC[Si](C)(C)C)c3nccc(Oc4c(F)cc(NC(=O)NC5(C(N)=O)COC5)cc4F)c23)cc1C#N. The van der Waals surface area contributed by atoms with Crippen LogP contribution in [0.5, 0.6) is 17.2 Å². The van der Waals surface area contributed by atoms with Gasteiger partial charge in [-0.25, -0.2) is 18.6 Å². The first-order valence-electron chi connectivity index (χ1n) is 15.6. The van der Waals surface area contributed by atoms with Gasteiger partial charge in [0.15, 0.2) is 22.9 Å². The van der Waals surface area contributed by atoms with Gasteiger partial charge in [-0.15, -0.1) is 0 Å².